The number of carbonyl (C=O) groups excluding carboxylic acids is 2. The van der Waals surface area contributed by atoms with Crippen LogP contribution in [0.5, 0.6) is 5.75 Å². The van der Waals surface area contributed by atoms with Crippen LogP contribution in [0.1, 0.15) is 10.6 Å². The van der Waals surface area contributed by atoms with Crippen LogP contribution >= 0.6 is 11.6 Å². The normalized spacial score (nSPS) is 10.5. The standard InChI is InChI=1S/C21H18ClFN2O4/c1-25(12-20(26)24-16-11-14(22)5-8-18(16)28-2)21(27)19-10-9-17(29-19)13-3-6-15(23)7-4-13/h3-11H,12H2,1-2H3,(H,24,26). The van der Waals surface area contributed by atoms with Crippen LogP contribution in [0.4, 0.5) is 10.1 Å². The molecule has 29 heavy (non-hydrogen) atoms. The number of halogens is 2. The molecular weight excluding hydrogens is 399 g/mol. The lowest BCUT2D eigenvalue weighted by Crippen LogP contribution is -2.34. The molecule has 1 N–H and O–H groups in total. The van der Waals surface area contributed by atoms with Gasteiger partial charge in [-0.15, -0.1) is 0 Å². The highest BCUT2D eigenvalue weighted by Gasteiger charge is 2.19. The number of likely N-dealkylation sites (N-methyl/N-ethyl adjacent to an activating group) is 1. The van der Waals surface area contributed by atoms with Gasteiger partial charge in [0.15, 0.2) is 5.76 Å². The van der Waals surface area contributed by atoms with E-state index >= 15 is 0 Å². The summed E-state index contributed by atoms with van der Waals surface area (Å²) >= 11 is 5.95. The molecule has 0 radical (unpaired) electrons. The number of carbonyl (C=O) groups is 2. The molecule has 0 fully saturated rings. The summed E-state index contributed by atoms with van der Waals surface area (Å²) in [7, 11) is 2.96. The summed E-state index contributed by atoms with van der Waals surface area (Å²) in [5.41, 5.74) is 1.04. The number of nitrogens with zero attached hydrogens (tertiary/aromatic N) is 1. The SMILES string of the molecule is COc1ccc(Cl)cc1NC(=O)CN(C)C(=O)c1ccc(-c2ccc(F)cc2)o1. The van der Waals surface area contributed by atoms with Gasteiger partial charge in [0.25, 0.3) is 5.91 Å². The zero-order valence-electron chi connectivity index (χ0n) is 15.7. The van der Waals surface area contributed by atoms with Crippen molar-refractivity contribution < 1.29 is 23.1 Å². The average molecular weight is 417 g/mol. The second kappa shape index (κ2) is 8.79. The van der Waals surface area contributed by atoms with Crippen LogP contribution in [0, 0.1) is 5.82 Å². The Kier molecular flexibility index (Phi) is 6.19. The van der Waals surface area contributed by atoms with Crippen LogP contribution < -0.4 is 10.1 Å². The summed E-state index contributed by atoms with van der Waals surface area (Å²) in [6.45, 7) is -0.207. The monoisotopic (exact) mass is 416 g/mol. The van der Waals surface area contributed by atoms with E-state index in [4.69, 9.17) is 20.8 Å². The van der Waals surface area contributed by atoms with Crippen molar-refractivity contribution in [1.29, 1.82) is 0 Å². The Morgan fingerprint density at radius 1 is 1.14 bits per heavy atom. The Morgan fingerprint density at radius 2 is 1.86 bits per heavy atom. The first-order valence-corrected chi connectivity index (χ1v) is 9.00. The fourth-order valence-corrected chi connectivity index (χ4v) is 2.84. The van der Waals surface area contributed by atoms with E-state index in [1.165, 1.54) is 37.3 Å². The van der Waals surface area contributed by atoms with Crippen molar-refractivity contribution in [3.63, 3.8) is 0 Å². The average Bonchev–Trinajstić information content (AvgIpc) is 3.18. The minimum Gasteiger partial charge on any atom is -0.495 e. The van der Waals surface area contributed by atoms with Crippen molar-refractivity contribution in [1.82, 2.24) is 4.90 Å². The second-order valence-corrected chi connectivity index (χ2v) is 6.66. The number of ether oxygens (including phenoxy) is 1. The maximum absolute atomic E-state index is 13.0. The van der Waals surface area contributed by atoms with Crippen LogP contribution in [0.25, 0.3) is 11.3 Å². The van der Waals surface area contributed by atoms with E-state index in [0.29, 0.717) is 27.8 Å². The van der Waals surface area contributed by atoms with E-state index in [0.717, 1.165) is 0 Å². The topological polar surface area (TPSA) is 71.8 Å². The van der Waals surface area contributed by atoms with E-state index < -0.39 is 11.8 Å². The highest BCUT2D eigenvalue weighted by Crippen LogP contribution is 2.27. The van der Waals surface area contributed by atoms with Crippen molar-refractivity contribution >= 4 is 29.1 Å². The fourth-order valence-electron chi connectivity index (χ4n) is 2.67. The maximum Gasteiger partial charge on any atom is 0.289 e. The molecule has 2 aromatic carbocycles. The molecule has 0 aliphatic heterocycles. The van der Waals surface area contributed by atoms with Gasteiger partial charge < -0.3 is 19.4 Å². The number of anilines is 1. The van der Waals surface area contributed by atoms with Gasteiger partial charge in [-0.05, 0) is 54.6 Å². The lowest BCUT2D eigenvalue weighted by atomic mass is 10.2. The van der Waals surface area contributed by atoms with Gasteiger partial charge in [-0.2, -0.15) is 0 Å². The summed E-state index contributed by atoms with van der Waals surface area (Å²) < 4.78 is 23.8. The zero-order valence-corrected chi connectivity index (χ0v) is 16.5. The molecule has 3 rings (SSSR count). The highest BCUT2D eigenvalue weighted by atomic mass is 35.5. The lowest BCUT2D eigenvalue weighted by Gasteiger charge is -2.16. The quantitative estimate of drug-likeness (QED) is 0.644. The molecule has 0 bridgehead atoms. The molecule has 0 saturated carbocycles. The molecule has 1 heterocycles. The summed E-state index contributed by atoms with van der Waals surface area (Å²) in [5, 5.41) is 3.11. The minimum atomic E-state index is -0.466. The van der Waals surface area contributed by atoms with E-state index in [1.54, 1.807) is 36.4 Å². The maximum atomic E-state index is 13.0. The third-order valence-electron chi connectivity index (χ3n) is 4.11. The molecule has 3 aromatic rings. The van der Waals surface area contributed by atoms with Gasteiger partial charge in [-0.25, -0.2) is 4.39 Å². The van der Waals surface area contributed by atoms with Gasteiger partial charge >= 0.3 is 0 Å². The molecule has 0 unspecified atom stereocenters. The molecule has 8 heteroatoms. The number of methoxy groups -OCH3 is 1. The highest BCUT2D eigenvalue weighted by molar-refractivity contribution is 6.31. The lowest BCUT2D eigenvalue weighted by molar-refractivity contribution is -0.116. The number of nitrogens with one attached hydrogen (secondary N) is 1. The number of benzene rings is 2. The van der Waals surface area contributed by atoms with Gasteiger partial charge in [-0.3, -0.25) is 9.59 Å². The van der Waals surface area contributed by atoms with Gasteiger partial charge in [0, 0.05) is 17.6 Å². The van der Waals surface area contributed by atoms with E-state index in [1.807, 2.05) is 0 Å². The first-order valence-electron chi connectivity index (χ1n) is 8.62. The molecule has 2 amide bonds. The molecule has 0 spiro atoms. The van der Waals surface area contributed by atoms with Gasteiger partial charge in [-0.1, -0.05) is 11.6 Å². The number of amides is 2. The van der Waals surface area contributed by atoms with Gasteiger partial charge in [0.1, 0.15) is 17.3 Å². The minimum absolute atomic E-state index is 0.0694. The van der Waals surface area contributed by atoms with Crippen molar-refractivity contribution in [2.24, 2.45) is 0 Å². The predicted octanol–water partition coefficient (Wildman–Crippen LogP) is 4.46. The number of hydrogen-bond acceptors (Lipinski definition) is 4. The van der Waals surface area contributed by atoms with E-state index in [2.05, 4.69) is 5.32 Å². The van der Waals surface area contributed by atoms with Crippen LogP contribution in [-0.4, -0.2) is 37.4 Å². The Balaban J connectivity index is 1.65. The summed E-state index contributed by atoms with van der Waals surface area (Å²) in [4.78, 5) is 26.1. The number of rotatable bonds is 6. The first kappa shape index (κ1) is 20.4. The Labute approximate surface area is 171 Å². The van der Waals surface area contributed by atoms with Crippen molar-refractivity contribution in [2.75, 3.05) is 26.0 Å². The Bertz CT molecular complexity index is 1030. The molecule has 0 aliphatic rings. The third kappa shape index (κ3) is 4.94. The number of hydrogen-bond donors (Lipinski definition) is 1. The third-order valence-corrected chi connectivity index (χ3v) is 4.34. The molecule has 0 atom stereocenters. The summed E-state index contributed by atoms with van der Waals surface area (Å²) in [6, 6.07) is 13.7. The van der Waals surface area contributed by atoms with Crippen molar-refractivity contribution in [2.45, 2.75) is 0 Å². The van der Waals surface area contributed by atoms with Crippen LogP contribution in [0.15, 0.2) is 59.0 Å². The van der Waals surface area contributed by atoms with Crippen LogP contribution in [0.2, 0.25) is 5.02 Å². The predicted molar refractivity (Wildman–Crippen MR) is 108 cm³/mol. The molecule has 1 aromatic heterocycles. The van der Waals surface area contributed by atoms with Crippen molar-refractivity contribution in [3.8, 4) is 17.1 Å². The number of furan rings is 1. The smallest absolute Gasteiger partial charge is 0.289 e. The second-order valence-electron chi connectivity index (χ2n) is 6.22. The molecule has 150 valence electrons. The summed E-state index contributed by atoms with van der Waals surface area (Å²) in [6.07, 6.45) is 0. The fraction of sp³-hybridized carbons (Fsp3) is 0.143. The zero-order chi connectivity index (χ0) is 21.0. The van der Waals surface area contributed by atoms with E-state index in [-0.39, 0.29) is 18.1 Å². The van der Waals surface area contributed by atoms with Gasteiger partial charge in [0.05, 0.1) is 19.3 Å². The summed E-state index contributed by atoms with van der Waals surface area (Å²) in [5.74, 6) is -0.307. The van der Waals surface area contributed by atoms with Crippen LogP contribution in [-0.2, 0) is 4.79 Å². The molecular formula is C21H18ClFN2O4. The van der Waals surface area contributed by atoms with Gasteiger partial charge in [0.2, 0.25) is 5.91 Å². The van der Waals surface area contributed by atoms with E-state index in [9.17, 15) is 14.0 Å². The Morgan fingerprint density at radius 3 is 2.55 bits per heavy atom. The molecule has 6 nitrogen and oxygen atoms in total. The Hall–Kier alpha value is -3.32. The first-order chi connectivity index (χ1) is 13.9. The van der Waals surface area contributed by atoms with Crippen LogP contribution in [0.3, 0.4) is 0 Å². The molecule has 0 aliphatic carbocycles. The molecule has 0 saturated heterocycles. The largest absolute Gasteiger partial charge is 0.495 e. The van der Waals surface area contributed by atoms with Crippen molar-refractivity contribution in [3.05, 3.63) is 71.2 Å².